The van der Waals surface area contributed by atoms with Gasteiger partial charge >= 0.3 is 0 Å². The highest BCUT2D eigenvalue weighted by Gasteiger charge is 2.28. The number of amides is 1. The first-order chi connectivity index (χ1) is 12.8. The van der Waals surface area contributed by atoms with Gasteiger partial charge in [0.2, 0.25) is 10.0 Å². The largest absolute Gasteiger partial charge is 0.365 e. The second-order valence-corrected chi connectivity index (χ2v) is 7.95. The molecule has 9 heteroatoms. The second kappa shape index (κ2) is 8.12. The summed E-state index contributed by atoms with van der Waals surface area (Å²) in [7, 11) is -3.65. The smallest absolute Gasteiger partial charge is 0.253 e. The predicted molar refractivity (Wildman–Crippen MR) is 95.5 cm³/mol. The minimum absolute atomic E-state index is 0.0193. The summed E-state index contributed by atoms with van der Waals surface area (Å²) < 4.78 is 58.2. The molecule has 0 bridgehead atoms. The van der Waals surface area contributed by atoms with Gasteiger partial charge in [-0.3, -0.25) is 4.79 Å². The van der Waals surface area contributed by atoms with E-state index in [2.05, 4.69) is 4.72 Å². The molecule has 0 spiro atoms. The number of carbonyl (C=O) groups excluding carboxylic acids is 1. The normalized spacial score (nSPS) is 17.9. The van der Waals surface area contributed by atoms with Gasteiger partial charge in [-0.2, -0.15) is 0 Å². The highest BCUT2D eigenvalue weighted by atomic mass is 32.2. The third kappa shape index (κ3) is 5.31. The molecular weight excluding hydrogens is 378 g/mol. The van der Waals surface area contributed by atoms with Crippen LogP contribution < -0.4 is 9.62 Å². The number of halogens is 2. The van der Waals surface area contributed by atoms with E-state index < -0.39 is 27.8 Å². The Hall–Kier alpha value is -2.36. The van der Waals surface area contributed by atoms with Crippen LogP contribution in [0, 0.1) is 11.6 Å². The zero-order valence-corrected chi connectivity index (χ0v) is 15.1. The molecule has 1 fully saturated rings. The summed E-state index contributed by atoms with van der Waals surface area (Å²) in [4.78, 5) is 13.5. The van der Waals surface area contributed by atoms with Crippen molar-refractivity contribution in [3.8, 4) is 0 Å². The fraction of sp³-hybridized carbons (Fsp3) is 0.278. The Morgan fingerprint density at radius 3 is 2.26 bits per heavy atom. The summed E-state index contributed by atoms with van der Waals surface area (Å²) in [5.74, 6) is -1.43. The Bertz CT molecular complexity index is 902. The lowest BCUT2D eigenvalue weighted by atomic mass is 10.2. The van der Waals surface area contributed by atoms with E-state index in [9.17, 15) is 22.0 Å². The van der Waals surface area contributed by atoms with E-state index in [1.165, 1.54) is 53.4 Å². The number of hydrogen-bond donors (Lipinski definition) is 1. The van der Waals surface area contributed by atoms with E-state index in [1.807, 2.05) is 0 Å². The van der Waals surface area contributed by atoms with Gasteiger partial charge in [0.1, 0.15) is 18.2 Å². The van der Waals surface area contributed by atoms with Gasteiger partial charge in [0, 0.05) is 12.2 Å². The Labute approximate surface area is 155 Å². The van der Waals surface area contributed by atoms with Gasteiger partial charge in [-0.1, -0.05) is 12.1 Å². The number of anilines is 1. The molecule has 0 saturated carbocycles. The van der Waals surface area contributed by atoms with Gasteiger partial charge in [0.05, 0.1) is 18.4 Å². The van der Waals surface area contributed by atoms with Gasteiger partial charge in [0.25, 0.3) is 5.91 Å². The molecule has 0 aliphatic carbocycles. The van der Waals surface area contributed by atoms with Gasteiger partial charge in [0.15, 0.2) is 0 Å². The van der Waals surface area contributed by atoms with Crippen LogP contribution in [0.15, 0.2) is 48.5 Å². The molecular formula is C18H18F2N2O4S. The van der Waals surface area contributed by atoms with Crippen molar-refractivity contribution in [2.45, 2.75) is 11.9 Å². The maximum atomic E-state index is 13.1. The lowest BCUT2D eigenvalue weighted by molar-refractivity contribution is -0.129. The SMILES string of the molecule is O=C1COC(CNS(=O)(=O)Cc2ccc(F)cc2)CN1c1ccc(F)cc1. The maximum absolute atomic E-state index is 13.1. The van der Waals surface area contributed by atoms with Crippen LogP contribution in [0.25, 0.3) is 0 Å². The molecule has 2 aromatic rings. The van der Waals surface area contributed by atoms with Crippen molar-refractivity contribution < 1.29 is 26.7 Å². The lowest BCUT2D eigenvalue weighted by Gasteiger charge is -2.32. The van der Waals surface area contributed by atoms with Crippen LogP contribution in [0.2, 0.25) is 0 Å². The predicted octanol–water partition coefficient (Wildman–Crippen LogP) is 1.82. The standard InChI is InChI=1S/C18H18F2N2O4S/c19-14-3-1-13(2-4-14)12-27(24,25)21-9-17-10-22(18(23)11-26-17)16-7-5-15(20)6-8-16/h1-8,17,21H,9-12H2. The highest BCUT2D eigenvalue weighted by Crippen LogP contribution is 2.19. The van der Waals surface area contributed by atoms with Crippen molar-refractivity contribution in [1.29, 1.82) is 0 Å². The number of nitrogens with zero attached hydrogens (tertiary/aromatic N) is 1. The minimum atomic E-state index is -3.65. The molecule has 1 N–H and O–H groups in total. The maximum Gasteiger partial charge on any atom is 0.253 e. The zero-order valence-electron chi connectivity index (χ0n) is 14.3. The molecule has 1 heterocycles. The van der Waals surface area contributed by atoms with E-state index in [4.69, 9.17) is 4.74 Å². The van der Waals surface area contributed by atoms with Crippen LogP contribution in [0.5, 0.6) is 0 Å². The Morgan fingerprint density at radius 2 is 1.63 bits per heavy atom. The van der Waals surface area contributed by atoms with Crippen molar-refractivity contribution in [2.24, 2.45) is 0 Å². The minimum Gasteiger partial charge on any atom is -0.365 e. The first-order valence-corrected chi connectivity index (χ1v) is 9.87. The number of rotatable bonds is 6. The summed E-state index contributed by atoms with van der Waals surface area (Å²) in [6.45, 7) is -0.0697. The van der Waals surface area contributed by atoms with E-state index >= 15 is 0 Å². The van der Waals surface area contributed by atoms with Gasteiger partial charge in [-0.15, -0.1) is 0 Å². The van der Waals surface area contributed by atoms with E-state index in [1.54, 1.807) is 0 Å². The fourth-order valence-corrected chi connectivity index (χ4v) is 3.86. The molecule has 3 rings (SSSR count). The summed E-state index contributed by atoms with van der Waals surface area (Å²) in [5.41, 5.74) is 0.973. The van der Waals surface area contributed by atoms with E-state index in [0.717, 1.165) is 0 Å². The van der Waals surface area contributed by atoms with E-state index in [0.29, 0.717) is 11.3 Å². The van der Waals surface area contributed by atoms with Crippen LogP contribution >= 0.6 is 0 Å². The molecule has 1 saturated heterocycles. The van der Waals surface area contributed by atoms with Crippen molar-refractivity contribution in [3.05, 3.63) is 65.7 Å². The van der Waals surface area contributed by atoms with Crippen molar-refractivity contribution in [3.63, 3.8) is 0 Å². The first-order valence-electron chi connectivity index (χ1n) is 8.22. The molecule has 144 valence electrons. The van der Waals surface area contributed by atoms with Crippen LogP contribution in [-0.2, 0) is 25.3 Å². The van der Waals surface area contributed by atoms with Crippen molar-refractivity contribution >= 4 is 21.6 Å². The zero-order chi connectivity index (χ0) is 19.4. The van der Waals surface area contributed by atoms with Crippen molar-refractivity contribution in [1.82, 2.24) is 4.72 Å². The number of nitrogens with one attached hydrogen (secondary N) is 1. The van der Waals surface area contributed by atoms with Gasteiger partial charge in [-0.05, 0) is 42.0 Å². The molecule has 1 aliphatic rings. The molecule has 6 nitrogen and oxygen atoms in total. The first kappa shape index (κ1) is 19.4. The van der Waals surface area contributed by atoms with Crippen LogP contribution in [0.3, 0.4) is 0 Å². The van der Waals surface area contributed by atoms with Crippen LogP contribution in [0.4, 0.5) is 14.5 Å². The molecule has 1 amide bonds. The van der Waals surface area contributed by atoms with Gasteiger partial charge in [-0.25, -0.2) is 21.9 Å². The second-order valence-electron chi connectivity index (χ2n) is 6.15. The lowest BCUT2D eigenvalue weighted by Crippen LogP contribution is -2.50. The summed E-state index contributed by atoms with van der Waals surface area (Å²) in [6.07, 6.45) is -0.546. The Kier molecular flexibility index (Phi) is 5.83. The number of benzene rings is 2. The van der Waals surface area contributed by atoms with Crippen LogP contribution in [-0.4, -0.2) is 40.1 Å². The molecule has 1 atom stereocenters. The summed E-state index contributed by atoms with van der Waals surface area (Å²) in [6, 6.07) is 10.7. The average Bonchev–Trinajstić information content (AvgIpc) is 2.64. The van der Waals surface area contributed by atoms with Crippen molar-refractivity contribution in [2.75, 3.05) is 24.6 Å². The molecule has 2 aromatic carbocycles. The van der Waals surface area contributed by atoms with Gasteiger partial charge < -0.3 is 9.64 Å². The summed E-state index contributed by atoms with van der Waals surface area (Å²) >= 11 is 0. The number of hydrogen-bond acceptors (Lipinski definition) is 4. The summed E-state index contributed by atoms with van der Waals surface area (Å²) in [5, 5.41) is 0. The topological polar surface area (TPSA) is 75.7 Å². The molecule has 0 aromatic heterocycles. The number of morpholine rings is 1. The Morgan fingerprint density at radius 1 is 1.04 bits per heavy atom. The average molecular weight is 396 g/mol. The third-order valence-electron chi connectivity index (χ3n) is 4.07. The van der Waals surface area contributed by atoms with E-state index in [-0.39, 0.29) is 31.4 Å². The number of ether oxygens (including phenoxy) is 1. The highest BCUT2D eigenvalue weighted by molar-refractivity contribution is 7.88. The third-order valence-corrected chi connectivity index (χ3v) is 5.39. The number of carbonyl (C=O) groups is 1. The fourth-order valence-electron chi connectivity index (χ4n) is 2.69. The quantitative estimate of drug-likeness (QED) is 0.808. The Balaban J connectivity index is 1.59. The van der Waals surface area contributed by atoms with Crippen LogP contribution in [0.1, 0.15) is 5.56 Å². The molecule has 1 aliphatic heterocycles. The monoisotopic (exact) mass is 396 g/mol. The molecule has 27 heavy (non-hydrogen) atoms. The number of sulfonamides is 1. The molecule has 0 radical (unpaired) electrons. The molecule has 1 unspecified atom stereocenters.